The van der Waals surface area contributed by atoms with E-state index in [1.807, 2.05) is 6.92 Å². The second-order valence-electron chi connectivity index (χ2n) is 4.88. The SMILES string of the molecule is CC1CC1C(=O)NCCC(=O)N(C)C(C)C(=O)O. The minimum atomic E-state index is -1.04. The lowest BCUT2D eigenvalue weighted by Gasteiger charge is -2.21. The fourth-order valence-electron chi connectivity index (χ4n) is 1.67. The van der Waals surface area contributed by atoms with Crippen LogP contribution >= 0.6 is 0 Å². The molecule has 0 saturated heterocycles. The molecule has 0 heterocycles. The van der Waals surface area contributed by atoms with E-state index in [1.54, 1.807) is 0 Å². The lowest BCUT2D eigenvalue weighted by Crippen LogP contribution is -2.41. The van der Waals surface area contributed by atoms with E-state index >= 15 is 0 Å². The van der Waals surface area contributed by atoms with Crippen molar-refractivity contribution in [2.45, 2.75) is 32.7 Å². The van der Waals surface area contributed by atoms with Crippen LogP contribution in [-0.2, 0) is 14.4 Å². The smallest absolute Gasteiger partial charge is 0.326 e. The van der Waals surface area contributed by atoms with Crippen molar-refractivity contribution in [1.29, 1.82) is 0 Å². The van der Waals surface area contributed by atoms with Crippen molar-refractivity contribution in [3.63, 3.8) is 0 Å². The van der Waals surface area contributed by atoms with Gasteiger partial charge in [-0.3, -0.25) is 9.59 Å². The van der Waals surface area contributed by atoms with Gasteiger partial charge in [0.15, 0.2) is 0 Å². The second-order valence-corrected chi connectivity index (χ2v) is 4.88. The summed E-state index contributed by atoms with van der Waals surface area (Å²) in [5.41, 5.74) is 0. The summed E-state index contributed by atoms with van der Waals surface area (Å²) in [7, 11) is 1.45. The monoisotopic (exact) mass is 256 g/mol. The molecule has 2 N–H and O–H groups in total. The molecule has 1 saturated carbocycles. The van der Waals surface area contributed by atoms with Crippen LogP contribution in [0.25, 0.3) is 0 Å². The molecule has 0 aliphatic heterocycles. The molecule has 3 atom stereocenters. The summed E-state index contributed by atoms with van der Waals surface area (Å²) < 4.78 is 0. The fraction of sp³-hybridized carbons (Fsp3) is 0.750. The predicted molar refractivity (Wildman–Crippen MR) is 64.8 cm³/mol. The number of carbonyl (C=O) groups is 3. The Balaban J connectivity index is 2.24. The topological polar surface area (TPSA) is 86.7 Å². The summed E-state index contributed by atoms with van der Waals surface area (Å²) in [4.78, 5) is 35.0. The summed E-state index contributed by atoms with van der Waals surface area (Å²) in [6.07, 6.45) is 1.04. The third kappa shape index (κ3) is 3.72. The average Bonchev–Trinajstić information content (AvgIpc) is 3.04. The van der Waals surface area contributed by atoms with Gasteiger partial charge in [0, 0.05) is 25.9 Å². The van der Waals surface area contributed by atoms with Gasteiger partial charge in [-0.05, 0) is 19.3 Å². The van der Waals surface area contributed by atoms with Crippen LogP contribution in [0.1, 0.15) is 26.7 Å². The molecule has 2 amide bonds. The van der Waals surface area contributed by atoms with Crippen LogP contribution in [0.3, 0.4) is 0 Å². The highest BCUT2D eigenvalue weighted by Crippen LogP contribution is 2.37. The van der Waals surface area contributed by atoms with E-state index in [4.69, 9.17) is 5.11 Å². The molecule has 0 aromatic carbocycles. The summed E-state index contributed by atoms with van der Waals surface area (Å²) >= 11 is 0. The molecule has 6 nitrogen and oxygen atoms in total. The van der Waals surface area contributed by atoms with Crippen molar-refractivity contribution in [2.24, 2.45) is 11.8 Å². The Kier molecular flexibility index (Phi) is 4.69. The Hall–Kier alpha value is -1.59. The number of carbonyl (C=O) groups excluding carboxylic acids is 2. The Morgan fingerprint density at radius 2 is 2.00 bits per heavy atom. The van der Waals surface area contributed by atoms with Gasteiger partial charge in [0.1, 0.15) is 6.04 Å². The van der Waals surface area contributed by atoms with Gasteiger partial charge in [-0.25, -0.2) is 4.79 Å². The molecule has 6 heteroatoms. The van der Waals surface area contributed by atoms with Crippen LogP contribution in [0.5, 0.6) is 0 Å². The first-order valence-corrected chi connectivity index (χ1v) is 6.10. The maximum atomic E-state index is 11.6. The third-order valence-electron chi connectivity index (χ3n) is 3.42. The zero-order chi connectivity index (χ0) is 13.9. The zero-order valence-corrected chi connectivity index (χ0v) is 11.0. The average molecular weight is 256 g/mol. The standard InChI is InChI=1S/C12H20N2O4/c1-7-6-9(7)11(16)13-5-4-10(15)14(3)8(2)12(17)18/h7-9H,4-6H2,1-3H3,(H,13,16)(H,17,18). The second kappa shape index (κ2) is 5.84. The number of carboxylic acids is 1. The van der Waals surface area contributed by atoms with Crippen molar-refractivity contribution in [1.82, 2.24) is 10.2 Å². The van der Waals surface area contributed by atoms with Crippen molar-refractivity contribution in [3.8, 4) is 0 Å². The van der Waals surface area contributed by atoms with Gasteiger partial charge in [0.05, 0.1) is 0 Å². The van der Waals surface area contributed by atoms with Crippen molar-refractivity contribution in [3.05, 3.63) is 0 Å². The van der Waals surface area contributed by atoms with E-state index in [9.17, 15) is 14.4 Å². The number of aliphatic carboxylic acids is 1. The number of likely N-dealkylation sites (N-methyl/N-ethyl adjacent to an activating group) is 1. The summed E-state index contributed by atoms with van der Waals surface area (Å²) in [6, 6.07) is -0.850. The molecule has 18 heavy (non-hydrogen) atoms. The van der Waals surface area contributed by atoms with Gasteiger partial charge in [0.25, 0.3) is 0 Å². The molecule has 1 aliphatic carbocycles. The molecule has 102 valence electrons. The van der Waals surface area contributed by atoms with Crippen LogP contribution in [0.2, 0.25) is 0 Å². The third-order valence-corrected chi connectivity index (χ3v) is 3.42. The van der Waals surface area contributed by atoms with Crippen molar-refractivity contribution >= 4 is 17.8 Å². The molecule has 1 rings (SSSR count). The molecule has 0 bridgehead atoms. The number of hydrogen-bond acceptors (Lipinski definition) is 3. The first-order chi connectivity index (χ1) is 8.34. The highest BCUT2D eigenvalue weighted by Gasteiger charge is 2.38. The van der Waals surface area contributed by atoms with E-state index < -0.39 is 12.0 Å². The van der Waals surface area contributed by atoms with Crippen molar-refractivity contribution < 1.29 is 19.5 Å². The first kappa shape index (κ1) is 14.5. The predicted octanol–water partition coefficient (Wildman–Crippen LogP) is 0.0802. The van der Waals surface area contributed by atoms with Gasteiger partial charge in [-0.2, -0.15) is 0 Å². The molecule has 0 aromatic rings. The number of nitrogens with one attached hydrogen (secondary N) is 1. The van der Waals surface area contributed by atoms with Gasteiger partial charge in [-0.15, -0.1) is 0 Å². The molecule has 0 radical (unpaired) electrons. The van der Waals surface area contributed by atoms with Gasteiger partial charge < -0.3 is 15.3 Å². The van der Waals surface area contributed by atoms with Gasteiger partial charge >= 0.3 is 5.97 Å². The molecular formula is C12H20N2O4. The summed E-state index contributed by atoms with van der Waals surface area (Å²) in [6.45, 7) is 3.72. The highest BCUT2D eigenvalue weighted by atomic mass is 16.4. The summed E-state index contributed by atoms with van der Waals surface area (Å²) in [5.74, 6) is -0.800. The molecule has 1 fully saturated rings. The Morgan fingerprint density at radius 3 is 2.44 bits per heavy atom. The molecule has 1 aliphatic rings. The Labute approximate surface area is 106 Å². The number of carboxylic acid groups (broad SMARTS) is 1. The van der Waals surface area contributed by atoms with E-state index in [-0.39, 0.29) is 30.7 Å². The summed E-state index contributed by atoms with van der Waals surface area (Å²) in [5, 5.41) is 11.5. The van der Waals surface area contributed by atoms with Gasteiger partial charge in [0.2, 0.25) is 11.8 Å². The zero-order valence-electron chi connectivity index (χ0n) is 11.0. The highest BCUT2D eigenvalue weighted by molar-refractivity contribution is 5.84. The maximum Gasteiger partial charge on any atom is 0.326 e. The number of nitrogens with zero attached hydrogens (tertiary/aromatic N) is 1. The number of amides is 2. The van der Waals surface area contributed by atoms with Crippen molar-refractivity contribution in [2.75, 3.05) is 13.6 Å². The van der Waals surface area contributed by atoms with Crippen LogP contribution in [-0.4, -0.2) is 47.4 Å². The van der Waals surface area contributed by atoms with Crippen LogP contribution in [0, 0.1) is 11.8 Å². The largest absolute Gasteiger partial charge is 0.480 e. The minimum Gasteiger partial charge on any atom is -0.480 e. The molecule has 3 unspecified atom stereocenters. The van der Waals surface area contributed by atoms with Crippen LogP contribution < -0.4 is 5.32 Å². The number of rotatable bonds is 6. The maximum absolute atomic E-state index is 11.6. The molecular weight excluding hydrogens is 236 g/mol. The van der Waals surface area contributed by atoms with Gasteiger partial charge in [-0.1, -0.05) is 6.92 Å². The van der Waals surface area contributed by atoms with E-state index in [0.717, 1.165) is 6.42 Å². The Bertz CT molecular complexity index is 356. The lowest BCUT2D eigenvalue weighted by molar-refractivity contribution is -0.148. The fourth-order valence-corrected chi connectivity index (χ4v) is 1.67. The first-order valence-electron chi connectivity index (χ1n) is 6.10. The van der Waals surface area contributed by atoms with Crippen LogP contribution in [0.15, 0.2) is 0 Å². The normalized spacial score (nSPS) is 23.1. The number of hydrogen-bond donors (Lipinski definition) is 2. The van der Waals surface area contributed by atoms with E-state index in [0.29, 0.717) is 5.92 Å². The van der Waals surface area contributed by atoms with E-state index in [2.05, 4.69) is 5.32 Å². The van der Waals surface area contributed by atoms with Crippen LogP contribution in [0.4, 0.5) is 0 Å². The lowest BCUT2D eigenvalue weighted by atomic mass is 10.2. The molecule has 0 spiro atoms. The Morgan fingerprint density at radius 1 is 1.44 bits per heavy atom. The molecule has 0 aromatic heterocycles. The minimum absolute atomic E-state index is 0.00997. The van der Waals surface area contributed by atoms with E-state index in [1.165, 1.54) is 18.9 Å². The quantitative estimate of drug-likeness (QED) is 0.704.